The van der Waals surface area contributed by atoms with Crippen LogP contribution in [0.1, 0.15) is 37.8 Å². The Kier molecular flexibility index (Phi) is 4.46. The number of hydrogen-bond donors (Lipinski definition) is 0. The van der Waals surface area contributed by atoms with Gasteiger partial charge in [0, 0.05) is 19.5 Å². The van der Waals surface area contributed by atoms with Gasteiger partial charge in [0.2, 0.25) is 5.91 Å². The molecular formula is C16H23NO2. The Labute approximate surface area is 115 Å². The van der Waals surface area contributed by atoms with E-state index in [9.17, 15) is 4.79 Å². The highest BCUT2D eigenvalue weighted by Gasteiger charge is 2.26. The Hall–Kier alpha value is -1.51. The Balaban J connectivity index is 2.19. The Morgan fingerprint density at radius 1 is 1.47 bits per heavy atom. The van der Waals surface area contributed by atoms with E-state index in [1.807, 2.05) is 17.0 Å². The SMILES string of the molecule is CCCN(C(C)=O)C1CCc2c(cccc2OC)C1. The largest absolute Gasteiger partial charge is 0.496 e. The summed E-state index contributed by atoms with van der Waals surface area (Å²) in [7, 11) is 1.72. The van der Waals surface area contributed by atoms with Gasteiger partial charge in [0.25, 0.3) is 0 Å². The number of amides is 1. The second-order valence-corrected chi connectivity index (χ2v) is 5.21. The van der Waals surface area contributed by atoms with Crippen molar-refractivity contribution in [2.24, 2.45) is 0 Å². The van der Waals surface area contributed by atoms with E-state index >= 15 is 0 Å². The third-order valence-electron chi connectivity index (χ3n) is 3.94. The lowest BCUT2D eigenvalue weighted by Crippen LogP contribution is -2.42. The van der Waals surface area contributed by atoms with Crippen molar-refractivity contribution in [3.8, 4) is 5.75 Å². The van der Waals surface area contributed by atoms with Gasteiger partial charge in [0.1, 0.15) is 5.75 Å². The molecule has 0 heterocycles. The van der Waals surface area contributed by atoms with Gasteiger partial charge in [-0.3, -0.25) is 4.79 Å². The van der Waals surface area contributed by atoms with E-state index in [0.29, 0.717) is 6.04 Å². The highest BCUT2D eigenvalue weighted by molar-refractivity contribution is 5.73. The van der Waals surface area contributed by atoms with Crippen LogP contribution < -0.4 is 4.74 Å². The van der Waals surface area contributed by atoms with Crippen molar-refractivity contribution in [2.45, 2.75) is 45.6 Å². The summed E-state index contributed by atoms with van der Waals surface area (Å²) in [6.07, 6.45) is 4.00. The lowest BCUT2D eigenvalue weighted by atomic mass is 9.86. The van der Waals surface area contributed by atoms with Crippen molar-refractivity contribution in [3.05, 3.63) is 29.3 Å². The van der Waals surface area contributed by atoms with Crippen molar-refractivity contribution >= 4 is 5.91 Å². The van der Waals surface area contributed by atoms with Crippen LogP contribution in [0, 0.1) is 0 Å². The summed E-state index contributed by atoms with van der Waals surface area (Å²) in [5.74, 6) is 1.18. The van der Waals surface area contributed by atoms with Crippen LogP contribution in [0.15, 0.2) is 18.2 Å². The number of methoxy groups -OCH3 is 1. The lowest BCUT2D eigenvalue weighted by Gasteiger charge is -2.35. The fourth-order valence-corrected chi connectivity index (χ4v) is 3.05. The minimum atomic E-state index is 0.193. The molecule has 0 N–H and O–H groups in total. The number of rotatable bonds is 4. The molecule has 0 fully saturated rings. The highest BCUT2D eigenvalue weighted by Crippen LogP contribution is 2.31. The fourth-order valence-electron chi connectivity index (χ4n) is 3.05. The summed E-state index contributed by atoms with van der Waals surface area (Å²) in [5.41, 5.74) is 2.65. The van der Waals surface area contributed by atoms with Crippen LogP contribution in [0.4, 0.5) is 0 Å². The van der Waals surface area contributed by atoms with E-state index < -0.39 is 0 Å². The number of fused-ring (bicyclic) bond motifs is 1. The first-order chi connectivity index (χ1) is 9.17. The maximum Gasteiger partial charge on any atom is 0.219 e. The molecule has 0 aromatic heterocycles. The predicted molar refractivity (Wildman–Crippen MR) is 76.5 cm³/mol. The van der Waals surface area contributed by atoms with Crippen LogP contribution in [-0.2, 0) is 17.6 Å². The molecule has 1 unspecified atom stereocenters. The molecule has 1 atom stereocenters. The maximum absolute atomic E-state index is 11.8. The minimum absolute atomic E-state index is 0.193. The quantitative estimate of drug-likeness (QED) is 0.834. The van der Waals surface area contributed by atoms with Gasteiger partial charge in [-0.2, -0.15) is 0 Å². The molecular weight excluding hydrogens is 238 g/mol. The van der Waals surface area contributed by atoms with Crippen LogP contribution in [0.5, 0.6) is 5.75 Å². The van der Waals surface area contributed by atoms with Gasteiger partial charge in [-0.1, -0.05) is 19.1 Å². The van der Waals surface area contributed by atoms with Crippen LogP contribution in [0.25, 0.3) is 0 Å². The smallest absolute Gasteiger partial charge is 0.219 e. The van der Waals surface area contributed by atoms with Gasteiger partial charge in [0.05, 0.1) is 7.11 Å². The maximum atomic E-state index is 11.8. The van der Waals surface area contributed by atoms with Crippen LogP contribution >= 0.6 is 0 Å². The standard InChI is InChI=1S/C16H23NO2/c1-4-10-17(12(2)18)14-8-9-15-13(11-14)6-5-7-16(15)19-3/h5-7,14H,4,8-11H2,1-3H3. The summed E-state index contributed by atoms with van der Waals surface area (Å²) >= 11 is 0. The number of nitrogens with zero attached hydrogens (tertiary/aromatic N) is 1. The van der Waals surface area contributed by atoms with Crippen molar-refractivity contribution in [1.29, 1.82) is 0 Å². The summed E-state index contributed by atoms with van der Waals surface area (Å²) in [6.45, 7) is 4.66. The zero-order chi connectivity index (χ0) is 13.8. The molecule has 1 aliphatic carbocycles. The van der Waals surface area contributed by atoms with Gasteiger partial charge >= 0.3 is 0 Å². The summed E-state index contributed by atoms with van der Waals surface area (Å²) in [6, 6.07) is 6.57. The number of ether oxygens (including phenoxy) is 1. The van der Waals surface area contributed by atoms with E-state index in [0.717, 1.165) is 38.0 Å². The number of carbonyl (C=O) groups is 1. The zero-order valence-electron chi connectivity index (χ0n) is 12.1. The number of carbonyl (C=O) groups excluding carboxylic acids is 1. The van der Waals surface area contributed by atoms with Gasteiger partial charge in [-0.25, -0.2) is 0 Å². The van der Waals surface area contributed by atoms with E-state index in [1.165, 1.54) is 11.1 Å². The molecule has 1 aromatic rings. The van der Waals surface area contributed by atoms with Crippen molar-refractivity contribution in [3.63, 3.8) is 0 Å². The van der Waals surface area contributed by atoms with E-state index in [-0.39, 0.29) is 5.91 Å². The minimum Gasteiger partial charge on any atom is -0.496 e. The molecule has 2 rings (SSSR count). The van der Waals surface area contributed by atoms with Crippen LogP contribution in [-0.4, -0.2) is 30.5 Å². The molecule has 0 saturated heterocycles. The molecule has 1 aromatic carbocycles. The van der Waals surface area contributed by atoms with Crippen molar-refractivity contribution < 1.29 is 9.53 Å². The monoisotopic (exact) mass is 261 g/mol. The molecule has 104 valence electrons. The summed E-state index contributed by atoms with van der Waals surface area (Å²) in [5, 5.41) is 0. The first-order valence-electron chi connectivity index (χ1n) is 7.09. The molecule has 1 aliphatic rings. The molecule has 19 heavy (non-hydrogen) atoms. The van der Waals surface area contributed by atoms with Gasteiger partial charge in [-0.05, 0) is 42.9 Å². The Bertz CT molecular complexity index is 456. The Morgan fingerprint density at radius 2 is 2.26 bits per heavy atom. The third-order valence-corrected chi connectivity index (χ3v) is 3.94. The Morgan fingerprint density at radius 3 is 2.89 bits per heavy atom. The molecule has 0 bridgehead atoms. The molecule has 1 amide bonds. The second kappa shape index (κ2) is 6.09. The molecule has 0 saturated carbocycles. The zero-order valence-corrected chi connectivity index (χ0v) is 12.1. The normalized spacial score (nSPS) is 17.7. The molecule has 0 aliphatic heterocycles. The van der Waals surface area contributed by atoms with Crippen molar-refractivity contribution in [1.82, 2.24) is 4.90 Å². The third kappa shape index (κ3) is 2.91. The number of benzene rings is 1. The van der Waals surface area contributed by atoms with E-state index in [2.05, 4.69) is 13.0 Å². The van der Waals surface area contributed by atoms with Gasteiger partial charge in [0.15, 0.2) is 0 Å². The lowest BCUT2D eigenvalue weighted by molar-refractivity contribution is -0.131. The van der Waals surface area contributed by atoms with Crippen molar-refractivity contribution in [2.75, 3.05) is 13.7 Å². The average Bonchev–Trinajstić information content (AvgIpc) is 2.43. The number of hydrogen-bond acceptors (Lipinski definition) is 2. The van der Waals surface area contributed by atoms with E-state index in [1.54, 1.807) is 14.0 Å². The van der Waals surface area contributed by atoms with Gasteiger partial charge < -0.3 is 9.64 Å². The first kappa shape index (κ1) is 13.9. The highest BCUT2D eigenvalue weighted by atomic mass is 16.5. The van der Waals surface area contributed by atoms with Gasteiger partial charge in [-0.15, -0.1) is 0 Å². The van der Waals surface area contributed by atoms with E-state index in [4.69, 9.17) is 4.74 Å². The second-order valence-electron chi connectivity index (χ2n) is 5.21. The summed E-state index contributed by atoms with van der Waals surface area (Å²) < 4.78 is 5.42. The predicted octanol–water partition coefficient (Wildman–Crippen LogP) is 2.81. The summed E-state index contributed by atoms with van der Waals surface area (Å²) in [4.78, 5) is 13.8. The molecule has 3 heteroatoms. The molecule has 0 spiro atoms. The van der Waals surface area contributed by atoms with Crippen LogP contribution in [0.3, 0.4) is 0 Å². The average molecular weight is 261 g/mol. The van der Waals surface area contributed by atoms with Crippen LogP contribution in [0.2, 0.25) is 0 Å². The molecule has 3 nitrogen and oxygen atoms in total. The first-order valence-corrected chi connectivity index (χ1v) is 7.09. The molecule has 0 radical (unpaired) electrons. The topological polar surface area (TPSA) is 29.5 Å². The fraction of sp³-hybridized carbons (Fsp3) is 0.562.